The lowest BCUT2D eigenvalue weighted by atomic mass is 10.1. The molecule has 2 aromatic rings. The van der Waals surface area contributed by atoms with Gasteiger partial charge < -0.3 is 15.0 Å². The molecule has 0 radical (unpaired) electrons. The molecule has 0 aliphatic heterocycles. The fraction of sp³-hybridized carbons (Fsp3) is 0.300. The molecule has 0 aromatic heterocycles. The molecule has 0 bridgehead atoms. The van der Waals surface area contributed by atoms with Crippen LogP contribution in [0, 0.1) is 0 Å². The van der Waals surface area contributed by atoms with E-state index in [0.29, 0.717) is 26.1 Å². The highest BCUT2D eigenvalue weighted by Gasteiger charge is 2.20. The van der Waals surface area contributed by atoms with Crippen LogP contribution in [-0.2, 0) is 22.6 Å². The van der Waals surface area contributed by atoms with Crippen molar-refractivity contribution in [3.8, 4) is 5.75 Å². The van der Waals surface area contributed by atoms with Crippen molar-refractivity contribution in [3.05, 3.63) is 65.7 Å². The minimum atomic E-state index is -0.569. The number of amides is 2. The molecule has 0 aliphatic rings. The normalized spacial score (nSPS) is 10.2. The highest BCUT2D eigenvalue weighted by molar-refractivity contribution is 6.34. The third-order valence-corrected chi connectivity index (χ3v) is 3.91. The number of likely N-dealkylation sites (N-methyl/N-ethyl adjacent to an activating group) is 1. The van der Waals surface area contributed by atoms with Crippen molar-refractivity contribution in [2.75, 3.05) is 20.2 Å². The van der Waals surface area contributed by atoms with Crippen LogP contribution in [0.3, 0.4) is 0 Å². The SMILES string of the molecule is CCN(Cc1ccccc1)C(=O)C(=O)NCCc1cccc(OC)c1. The highest BCUT2D eigenvalue weighted by atomic mass is 16.5. The van der Waals surface area contributed by atoms with Gasteiger partial charge in [-0.05, 0) is 36.6 Å². The lowest BCUT2D eigenvalue weighted by Crippen LogP contribution is -2.43. The van der Waals surface area contributed by atoms with Gasteiger partial charge in [0.05, 0.1) is 7.11 Å². The molecule has 2 rings (SSSR count). The molecule has 2 amide bonds. The Morgan fingerprint density at radius 2 is 1.76 bits per heavy atom. The highest BCUT2D eigenvalue weighted by Crippen LogP contribution is 2.12. The number of methoxy groups -OCH3 is 1. The summed E-state index contributed by atoms with van der Waals surface area (Å²) in [6.07, 6.45) is 0.640. The van der Waals surface area contributed by atoms with Crippen LogP contribution in [0.1, 0.15) is 18.1 Å². The van der Waals surface area contributed by atoms with Crippen LogP contribution in [0.25, 0.3) is 0 Å². The number of hydrogen-bond acceptors (Lipinski definition) is 3. The van der Waals surface area contributed by atoms with Gasteiger partial charge in [0, 0.05) is 19.6 Å². The second-order valence-electron chi connectivity index (χ2n) is 5.66. The molecule has 5 heteroatoms. The van der Waals surface area contributed by atoms with Crippen molar-refractivity contribution in [2.24, 2.45) is 0 Å². The fourth-order valence-corrected chi connectivity index (χ4v) is 2.50. The third-order valence-electron chi connectivity index (χ3n) is 3.91. The van der Waals surface area contributed by atoms with E-state index < -0.39 is 11.8 Å². The topological polar surface area (TPSA) is 58.6 Å². The summed E-state index contributed by atoms with van der Waals surface area (Å²) in [5, 5.41) is 2.70. The summed E-state index contributed by atoms with van der Waals surface area (Å²) >= 11 is 0. The minimum absolute atomic E-state index is 0.403. The first-order chi connectivity index (χ1) is 12.1. The van der Waals surface area contributed by atoms with Gasteiger partial charge >= 0.3 is 11.8 Å². The maximum atomic E-state index is 12.3. The smallest absolute Gasteiger partial charge is 0.312 e. The van der Waals surface area contributed by atoms with Crippen LogP contribution in [0.2, 0.25) is 0 Å². The first kappa shape index (κ1) is 18.5. The van der Waals surface area contributed by atoms with Crippen molar-refractivity contribution in [2.45, 2.75) is 19.9 Å². The molecule has 0 heterocycles. The van der Waals surface area contributed by atoms with E-state index in [-0.39, 0.29) is 0 Å². The number of hydrogen-bond donors (Lipinski definition) is 1. The van der Waals surface area contributed by atoms with E-state index >= 15 is 0 Å². The first-order valence-corrected chi connectivity index (χ1v) is 8.38. The molecule has 0 atom stereocenters. The van der Waals surface area contributed by atoms with Gasteiger partial charge in [-0.25, -0.2) is 0 Å². The second-order valence-corrected chi connectivity index (χ2v) is 5.66. The number of carbonyl (C=O) groups is 2. The third kappa shape index (κ3) is 5.64. The van der Waals surface area contributed by atoms with E-state index in [1.54, 1.807) is 7.11 Å². The first-order valence-electron chi connectivity index (χ1n) is 8.38. The fourth-order valence-electron chi connectivity index (χ4n) is 2.50. The molecular weight excluding hydrogens is 316 g/mol. The van der Waals surface area contributed by atoms with Gasteiger partial charge in [-0.3, -0.25) is 9.59 Å². The summed E-state index contributed by atoms with van der Waals surface area (Å²) in [4.78, 5) is 26.0. The molecule has 0 aliphatic carbocycles. The Morgan fingerprint density at radius 1 is 1.04 bits per heavy atom. The Balaban J connectivity index is 1.84. The Labute approximate surface area is 148 Å². The molecular formula is C20H24N2O3. The molecule has 0 spiro atoms. The summed E-state index contributed by atoms with van der Waals surface area (Å²) < 4.78 is 5.17. The average Bonchev–Trinajstić information content (AvgIpc) is 2.66. The van der Waals surface area contributed by atoms with Gasteiger partial charge in [-0.2, -0.15) is 0 Å². The maximum absolute atomic E-state index is 12.3. The number of nitrogens with one attached hydrogen (secondary N) is 1. The average molecular weight is 340 g/mol. The van der Waals surface area contributed by atoms with Crippen LogP contribution in [0.4, 0.5) is 0 Å². The van der Waals surface area contributed by atoms with Gasteiger partial charge in [0.2, 0.25) is 0 Å². The lowest BCUT2D eigenvalue weighted by Gasteiger charge is -2.20. The summed E-state index contributed by atoms with van der Waals surface area (Å²) in [5.74, 6) is -0.294. The number of ether oxygens (including phenoxy) is 1. The van der Waals surface area contributed by atoms with E-state index in [2.05, 4.69) is 5.32 Å². The molecule has 132 valence electrons. The van der Waals surface area contributed by atoms with Gasteiger partial charge in [0.15, 0.2) is 0 Å². The van der Waals surface area contributed by atoms with E-state index in [4.69, 9.17) is 4.74 Å². The van der Waals surface area contributed by atoms with E-state index in [1.165, 1.54) is 4.90 Å². The molecule has 0 saturated heterocycles. The van der Waals surface area contributed by atoms with Crippen LogP contribution in [-0.4, -0.2) is 36.9 Å². The number of rotatable bonds is 7. The van der Waals surface area contributed by atoms with E-state index in [0.717, 1.165) is 16.9 Å². The zero-order valence-corrected chi connectivity index (χ0v) is 14.7. The molecule has 5 nitrogen and oxygen atoms in total. The maximum Gasteiger partial charge on any atom is 0.312 e. The van der Waals surface area contributed by atoms with E-state index in [9.17, 15) is 9.59 Å². The largest absolute Gasteiger partial charge is 0.497 e. The second kappa shape index (κ2) is 9.47. The molecule has 25 heavy (non-hydrogen) atoms. The van der Waals surface area contributed by atoms with Gasteiger partial charge in [0.1, 0.15) is 5.75 Å². The predicted molar refractivity (Wildman–Crippen MR) is 97.2 cm³/mol. The zero-order chi connectivity index (χ0) is 18.1. The quantitative estimate of drug-likeness (QED) is 0.788. The van der Waals surface area contributed by atoms with Crippen LogP contribution in [0.15, 0.2) is 54.6 Å². The predicted octanol–water partition coefficient (Wildman–Crippen LogP) is 2.40. The Kier molecular flexibility index (Phi) is 7.01. The molecule has 0 fully saturated rings. The van der Waals surface area contributed by atoms with Crippen molar-refractivity contribution in [1.82, 2.24) is 10.2 Å². The summed E-state index contributed by atoms with van der Waals surface area (Å²) in [5.41, 5.74) is 2.05. The summed E-state index contributed by atoms with van der Waals surface area (Å²) in [7, 11) is 1.62. The molecule has 1 N–H and O–H groups in total. The number of benzene rings is 2. The zero-order valence-electron chi connectivity index (χ0n) is 14.7. The Hall–Kier alpha value is -2.82. The van der Waals surface area contributed by atoms with Gasteiger partial charge in [-0.1, -0.05) is 42.5 Å². The monoisotopic (exact) mass is 340 g/mol. The minimum Gasteiger partial charge on any atom is -0.497 e. The summed E-state index contributed by atoms with van der Waals surface area (Å²) in [6.45, 7) is 3.18. The molecule has 0 unspecified atom stereocenters. The Bertz CT molecular complexity index is 701. The lowest BCUT2D eigenvalue weighted by molar-refractivity contribution is -0.146. The summed E-state index contributed by atoms with van der Waals surface area (Å²) in [6, 6.07) is 17.3. The van der Waals surface area contributed by atoms with Crippen molar-refractivity contribution < 1.29 is 14.3 Å². The standard InChI is InChI=1S/C20H24N2O3/c1-3-22(15-17-8-5-4-6-9-17)20(24)19(23)21-13-12-16-10-7-11-18(14-16)25-2/h4-11,14H,3,12-13,15H2,1-2H3,(H,21,23). The van der Waals surface area contributed by atoms with Crippen LogP contribution >= 0.6 is 0 Å². The van der Waals surface area contributed by atoms with Gasteiger partial charge in [-0.15, -0.1) is 0 Å². The number of carbonyl (C=O) groups excluding carboxylic acids is 2. The van der Waals surface area contributed by atoms with Crippen molar-refractivity contribution in [3.63, 3.8) is 0 Å². The Morgan fingerprint density at radius 3 is 2.44 bits per heavy atom. The van der Waals surface area contributed by atoms with Gasteiger partial charge in [0.25, 0.3) is 0 Å². The van der Waals surface area contributed by atoms with Crippen LogP contribution < -0.4 is 10.1 Å². The van der Waals surface area contributed by atoms with Crippen molar-refractivity contribution >= 4 is 11.8 Å². The number of nitrogens with zero attached hydrogens (tertiary/aromatic N) is 1. The van der Waals surface area contributed by atoms with E-state index in [1.807, 2.05) is 61.5 Å². The van der Waals surface area contributed by atoms with Crippen molar-refractivity contribution in [1.29, 1.82) is 0 Å². The van der Waals surface area contributed by atoms with Crippen LogP contribution in [0.5, 0.6) is 5.75 Å². The molecule has 0 saturated carbocycles. The molecule has 2 aromatic carbocycles.